The van der Waals surface area contributed by atoms with Crippen molar-refractivity contribution in [3.05, 3.63) is 35.9 Å². The lowest BCUT2D eigenvalue weighted by Crippen LogP contribution is -2.36. The molecule has 0 amide bonds. The van der Waals surface area contributed by atoms with Crippen molar-refractivity contribution in [3.8, 4) is 12.3 Å². The molecule has 2 nitrogen and oxygen atoms in total. The monoisotopic (exact) mass is 216 g/mol. The third-order valence-corrected chi connectivity index (χ3v) is 2.91. The minimum Gasteiger partial charge on any atom is -0.468 e. The number of methoxy groups -OCH3 is 1. The Morgan fingerprint density at radius 2 is 2.06 bits per heavy atom. The Morgan fingerprint density at radius 3 is 2.50 bits per heavy atom. The molecule has 0 saturated heterocycles. The second-order valence-electron chi connectivity index (χ2n) is 3.67. The second kappa shape index (κ2) is 5.37. The molecule has 0 spiro atoms. The van der Waals surface area contributed by atoms with Gasteiger partial charge in [-0.15, -0.1) is 12.3 Å². The summed E-state index contributed by atoms with van der Waals surface area (Å²) >= 11 is 0. The van der Waals surface area contributed by atoms with E-state index in [0.29, 0.717) is 12.8 Å². The number of esters is 1. The van der Waals surface area contributed by atoms with Crippen LogP contribution in [0.2, 0.25) is 0 Å². The predicted octanol–water partition coefficient (Wildman–Crippen LogP) is 2.53. The van der Waals surface area contributed by atoms with E-state index in [1.807, 2.05) is 37.3 Å². The van der Waals surface area contributed by atoms with Gasteiger partial charge in [0.05, 0.1) is 7.11 Å². The Morgan fingerprint density at radius 1 is 1.44 bits per heavy atom. The number of benzene rings is 1. The Labute approximate surface area is 96.6 Å². The van der Waals surface area contributed by atoms with Gasteiger partial charge in [-0.05, 0) is 12.0 Å². The normalized spacial score (nSPS) is 13.6. The summed E-state index contributed by atoms with van der Waals surface area (Å²) < 4.78 is 4.88. The third kappa shape index (κ3) is 2.09. The van der Waals surface area contributed by atoms with E-state index in [1.54, 1.807) is 0 Å². The SMILES string of the molecule is C#CCC(CC)(C(=O)OC)c1ccccc1. The molecule has 0 N–H and O–H groups in total. The van der Waals surface area contributed by atoms with Gasteiger partial charge in [-0.25, -0.2) is 0 Å². The van der Waals surface area contributed by atoms with Crippen LogP contribution < -0.4 is 0 Å². The molecule has 84 valence electrons. The molecule has 2 heteroatoms. The van der Waals surface area contributed by atoms with Crippen LogP contribution in [0.4, 0.5) is 0 Å². The van der Waals surface area contributed by atoms with E-state index in [-0.39, 0.29) is 5.97 Å². The van der Waals surface area contributed by atoms with Crippen LogP contribution in [0.3, 0.4) is 0 Å². The molecule has 16 heavy (non-hydrogen) atoms. The molecule has 1 aromatic carbocycles. The number of hydrogen-bond donors (Lipinski definition) is 0. The number of carbonyl (C=O) groups excluding carboxylic acids is 1. The average molecular weight is 216 g/mol. The fraction of sp³-hybridized carbons (Fsp3) is 0.357. The predicted molar refractivity (Wildman–Crippen MR) is 63.9 cm³/mol. The first-order chi connectivity index (χ1) is 7.71. The molecule has 0 radical (unpaired) electrons. The van der Waals surface area contributed by atoms with Crippen molar-refractivity contribution in [2.45, 2.75) is 25.2 Å². The molecule has 0 aliphatic rings. The van der Waals surface area contributed by atoms with Crippen LogP contribution in [0.15, 0.2) is 30.3 Å². The first kappa shape index (κ1) is 12.3. The van der Waals surface area contributed by atoms with Gasteiger partial charge in [0.25, 0.3) is 0 Å². The zero-order valence-corrected chi connectivity index (χ0v) is 9.69. The molecule has 1 aromatic rings. The van der Waals surface area contributed by atoms with E-state index in [0.717, 1.165) is 5.56 Å². The van der Waals surface area contributed by atoms with Crippen LogP contribution >= 0.6 is 0 Å². The molecule has 0 bridgehead atoms. The van der Waals surface area contributed by atoms with Crippen molar-refractivity contribution in [2.75, 3.05) is 7.11 Å². The summed E-state index contributed by atoms with van der Waals surface area (Å²) in [5.41, 5.74) is 0.215. The molecular weight excluding hydrogens is 200 g/mol. The van der Waals surface area contributed by atoms with Crippen LogP contribution in [-0.2, 0) is 14.9 Å². The Bertz CT molecular complexity index is 389. The number of carbonyl (C=O) groups is 1. The summed E-state index contributed by atoms with van der Waals surface area (Å²) in [6.45, 7) is 1.95. The molecule has 0 fully saturated rings. The van der Waals surface area contributed by atoms with Crippen molar-refractivity contribution in [1.82, 2.24) is 0 Å². The summed E-state index contributed by atoms with van der Waals surface area (Å²) in [7, 11) is 1.40. The maximum atomic E-state index is 11.9. The Balaban J connectivity index is 3.24. The van der Waals surface area contributed by atoms with E-state index in [4.69, 9.17) is 11.2 Å². The Kier molecular flexibility index (Phi) is 4.13. The molecule has 0 aliphatic carbocycles. The van der Waals surface area contributed by atoms with E-state index in [9.17, 15) is 4.79 Å². The molecule has 1 unspecified atom stereocenters. The largest absolute Gasteiger partial charge is 0.468 e. The van der Waals surface area contributed by atoms with Crippen molar-refractivity contribution in [1.29, 1.82) is 0 Å². The smallest absolute Gasteiger partial charge is 0.317 e. The standard InChI is InChI=1S/C14H16O2/c1-4-11-14(5-2,13(15)16-3)12-9-7-6-8-10-12/h1,6-10H,5,11H2,2-3H3. The number of hydrogen-bond acceptors (Lipinski definition) is 2. The lowest BCUT2D eigenvalue weighted by atomic mass is 9.75. The lowest BCUT2D eigenvalue weighted by Gasteiger charge is -2.28. The second-order valence-corrected chi connectivity index (χ2v) is 3.67. The molecular formula is C14H16O2. The summed E-state index contributed by atoms with van der Waals surface area (Å²) in [6.07, 6.45) is 6.36. The van der Waals surface area contributed by atoms with Crippen molar-refractivity contribution in [2.24, 2.45) is 0 Å². The maximum Gasteiger partial charge on any atom is 0.317 e. The van der Waals surface area contributed by atoms with E-state index >= 15 is 0 Å². The fourth-order valence-electron chi connectivity index (χ4n) is 1.89. The molecule has 0 aliphatic heterocycles. The zero-order chi connectivity index (χ0) is 12.0. The van der Waals surface area contributed by atoms with Gasteiger partial charge in [0, 0.05) is 6.42 Å². The van der Waals surface area contributed by atoms with Crippen molar-refractivity contribution < 1.29 is 9.53 Å². The quantitative estimate of drug-likeness (QED) is 0.571. The van der Waals surface area contributed by atoms with Gasteiger partial charge in [-0.2, -0.15) is 0 Å². The van der Waals surface area contributed by atoms with Crippen LogP contribution in [0.5, 0.6) is 0 Å². The molecule has 0 aromatic heterocycles. The summed E-state index contributed by atoms with van der Waals surface area (Å²) in [6, 6.07) is 9.55. The molecule has 1 rings (SSSR count). The highest BCUT2D eigenvalue weighted by Gasteiger charge is 2.38. The lowest BCUT2D eigenvalue weighted by molar-refractivity contribution is -0.147. The number of terminal acetylenes is 1. The zero-order valence-electron chi connectivity index (χ0n) is 9.69. The first-order valence-corrected chi connectivity index (χ1v) is 5.28. The summed E-state index contributed by atoms with van der Waals surface area (Å²) in [5.74, 6) is 2.31. The molecule has 1 atom stereocenters. The average Bonchev–Trinajstić information content (AvgIpc) is 2.36. The molecule has 0 heterocycles. The highest BCUT2D eigenvalue weighted by molar-refractivity contribution is 5.83. The van der Waals surface area contributed by atoms with Crippen LogP contribution in [-0.4, -0.2) is 13.1 Å². The minimum atomic E-state index is -0.704. The highest BCUT2D eigenvalue weighted by Crippen LogP contribution is 2.32. The van der Waals surface area contributed by atoms with Gasteiger partial charge in [-0.1, -0.05) is 37.3 Å². The van der Waals surface area contributed by atoms with Crippen LogP contribution in [0.1, 0.15) is 25.3 Å². The van der Waals surface area contributed by atoms with E-state index in [1.165, 1.54) is 7.11 Å². The molecule has 0 saturated carbocycles. The minimum absolute atomic E-state index is 0.265. The topological polar surface area (TPSA) is 26.3 Å². The van der Waals surface area contributed by atoms with Gasteiger partial charge in [-0.3, -0.25) is 4.79 Å². The maximum absolute atomic E-state index is 11.9. The Hall–Kier alpha value is -1.75. The first-order valence-electron chi connectivity index (χ1n) is 5.28. The summed E-state index contributed by atoms with van der Waals surface area (Å²) in [4.78, 5) is 11.9. The number of rotatable bonds is 4. The van der Waals surface area contributed by atoms with Gasteiger partial charge in [0.2, 0.25) is 0 Å². The van der Waals surface area contributed by atoms with Gasteiger partial charge in [0.1, 0.15) is 5.41 Å². The number of ether oxygens (including phenoxy) is 1. The summed E-state index contributed by atoms with van der Waals surface area (Å²) in [5, 5.41) is 0. The van der Waals surface area contributed by atoms with Crippen molar-refractivity contribution in [3.63, 3.8) is 0 Å². The van der Waals surface area contributed by atoms with Gasteiger partial charge >= 0.3 is 5.97 Å². The van der Waals surface area contributed by atoms with Gasteiger partial charge in [0.15, 0.2) is 0 Å². The van der Waals surface area contributed by atoms with Crippen LogP contribution in [0.25, 0.3) is 0 Å². The van der Waals surface area contributed by atoms with Gasteiger partial charge < -0.3 is 4.74 Å². The fourth-order valence-corrected chi connectivity index (χ4v) is 1.89. The van der Waals surface area contributed by atoms with Crippen molar-refractivity contribution >= 4 is 5.97 Å². The van der Waals surface area contributed by atoms with Crippen LogP contribution in [0, 0.1) is 12.3 Å². The van der Waals surface area contributed by atoms with E-state index in [2.05, 4.69) is 5.92 Å². The van der Waals surface area contributed by atoms with E-state index < -0.39 is 5.41 Å². The third-order valence-electron chi connectivity index (χ3n) is 2.91. The highest BCUT2D eigenvalue weighted by atomic mass is 16.5.